The Kier molecular flexibility index (Phi) is 5.20. The predicted octanol–water partition coefficient (Wildman–Crippen LogP) is 1.43. The number of hydrogen-bond acceptors (Lipinski definition) is 3. The Balaban J connectivity index is 1.87. The summed E-state index contributed by atoms with van der Waals surface area (Å²) in [6, 6.07) is 0.770. The molecule has 1 N–H and O–H groups in total. The van der Waals surface area contributed by atoms with Crippen molar-refractivity contribution in [3.8, 4) is 0 Å². The third-order valence-corrected chi connectivity index (χ3v) is 3.88. The minimum Gasteiger partial charge on any atom is -0.338 e. The second-order valence-corrected chi connectivity index (χ2v) is 5.22. The third-order valence-electron chi connectivity index (χ3n) is 3.88. The molecule has 0 atom stereocenters. The summed E-state index contributed by atoms with van der Waals surface area (Å²) in [4.78, 5) is 7.08. The van der Waals surface area contributed by atoms with E-state index in [1.165, 1.54) is 44.7 Å². The zero-order chi connectivity index (χ0) is 12.8. The average molecular weight is 250 g/mol. The molecule has 0 amide bonds. The Bertz CT molecular complexity index is 341. The van der Waals surface area contributed by atoms with E-state index < -0.39 is 0 Å². The molecule has 1 aliphatic rings. The minimum atomic E-state index is 0.770. The van der Waals surface area contributed by atoms with Crippen LogP contribution in [0.15, 0.2) is 12.4 Å². The molecule has 0 spiro atoms. The van der Waals surface area contributed by atoms with Crippen molar-refractivity contribution in [2.24, 2.45) is 7.05 Å². The molecule has 1 aromatic rings. The smallest absolute Gasteiger partial charge is 0.109 e. The average Bonchev–Trinajstić information content (AvgIpc) is 2.81. The van der Waals surface area contributed by atoms with Crippen LogP contribution in [0.5, 0.6) is 0 Å². The monoisotopic (exact) mass is 250 g/mol. The molecule has 2 rings (SSSR count). The first kappa shape index (κ1) is 13.6. The summed E-state index contributed by atoms with van der Waals surface area (Å²) in [5, 5.41) is 3.45. The maximum Gasteiger partial charge on any atom is 0.109 e. The predicted molar refractivity (Wildman–Crippen MR) is 74.7 cm³/mol. The molecular formula is C14H26N4. The van der Waals surface area contributed by atoms with Crippen LogP contribution in [0.4, 0.5) is 0 Å². The van der Waals surface area contributed by atoms with E-state index in [4.69, 9.17) is 0 Å². The summed E-state index contributed by atoms with van der Waals surface area (Å²) in [5.41, 5.74) is 0. The molecule has 0 aliphatic carbocycles. The summed E-state index contributed by atoms with van der Waals surface area (Å²) in [5.74, 6) is 1.20. The van der Waals surface area contributed by atoms with Gasteiger partial charge in [-0.3, -0.25) is 4.90 Å². The molecule has 4 nitrogen and oxygen atoms in total. The lowest BCUT2D eigenvalue weighted by Crippen LogP contribution is -2.44. The second kappa shape index (κ2) is 6.90. The van der Waals surface area contributed by atoms with Crippen molar-refractivity contribution in [3.05, 3.63) is 18.2 Å². The standard InChI is InChI=1S/C14H26N4/c1-3-10-18(13-4-7-15-8-5-13)11-6-14-16-9-12-17(14)2/h9,12-13,15H,3-8,10-11H2,1-2H3. The van der Waals surface area contributed by atoms with Crippen LogP contribution in [-0.2, 0) is 13.5 Å². The maximum absolute atomic E-state index is 4.42. The maximum atomic E-state index is 4.42. The number of rotatable bonds is 6. The Morgan fingerprint density at radius 3 is 2.78 bits per heavy atom. The molecule has 1 saturated heterocycles. The Morgan fingerprint density at radius 2 is 2.17 bits per heavy atom. The molecule has 0 unspecified atom stereocenters. The van der Waals surface area contributed by atoms with Gasteiger partial charge >= 0.3 is 0 Å². The Hall–Kier alpha value is -0.870. The van der Waals surface area contributed by atoms with Crippen molar-refractivity contribution in [1.29, 1.82) is 0 Å². The SMILES string of the molecule is CCCN(CCc1nccn1C)C1CCNCC1. The number of nitrogens with one attached hydrogen (secondary N) is 1. The largest absolute Gasteiger partial charge is 0.338 e. The summed E-state index contributed by atoms with van der Waals surface area (Å²) >= 11 is 0. The molecule has 102 valence electrons. The van der Waals surface area contributed by atoms with Gasteiger partial charge in [0.25, 0.3) is 0 Å². The quantitative estimate of drug-likeness (QED) is 0.829. The van der Waals surface area contributed by atoms with Crippen LogP contribution in [0, 0.1) is 0 Å². The van der Waals surface area contributed by atoms with Crippen molar-refractivity contribution in [2.75, 3.05) is 26.2 Å². The number of hydrogen-bond donors (Lipinski definition) is 1. The van der Waals surface area contributed by atoms with Gasteiger partial charge in [0.15, 0.2) is 0 Å². The van der Waals surface area contributed by atoms with Crippen LogP contribution < -0.4 is 5.32 Å². The first-order chi connectivity index (χ1) is 8.81. The molecule has 0 radical (unpaired) electrons. The highest BCUT2D eigenvalue weighted by Gasteiger charge is 2.20. The van der Waals surface area contributed by atoms with E-state index in [1.54, 1.807) is 0 Å². The molecule has 4 heteroatoms. The van der Waals surface area contributed by atoms with Crippen molar-refractivity contribution >= 4 is 0 Å². The number of imidazole rings is 1. The van der Waals surface area contributed by atoms with E-state index in [-0.39, 0.29) is 0 Å². The first-order valence-electron chi connectivity index (χ1n) is 7.22. The summed E-state index contributed by atoms with van der Waals surface area (Å²) in [7, 11) is 2.08. The molecule has 1 fully saturated rings. The van der Waals surface area contributed by atoms with Crippen molar-refractivity contribution in [2.45, 2.75) is 38.6 Å². The lowest BCUT2D eigenvalue weighted by Gasteiger charge is -2.34. The highest BCUT2D eigenvalue weighted by molar-refractivity contribution is 4.92. The van der Waals surface area contributed by atoms with Gasteiger partial charge in [-0.1, -0.05) is 6.92 Å². The summed E-state index contributed by atoms with van der Waals surface area (Å²) in [6.45, 7) is 6.98. The van der Waals surface area contributed by atoms with E-state index in [9.17, 15) is 0 Å². The van der Waals surface area contributed by atoms with Gasteiger partial charge in [0.05, 0.1) is 0 Å². The summed E-state index contributed by atoms with van der Waals surface area (Å²) in [6.07, 6.45) is 8.81. The van der Waals surface area contributed by atoms with Crippen molar-refractivity contribution in [1.82, 2.24) is 19.8 Å². The van der Waals surface area contributed by atoms with E-state index in [1.807, 2.05) is 12.4 Å². The number of aromatic nitrogens is 2. The molecule has 1 aliphatic heterocycles. The van der Waals surface area contributed by atoms with E-state index in [2.05, 4.69) is 33.7 Å². The van der Waals surface area contributed by atoms with Gasteiger partial charge in [-0.05, 0) is 38.9 Å². The molecule has 0 aromatic carbocycles. The van der Waals surface area contributed by atoms with Crippen LogP contribution >= 0.6 is 0 Å². The fourth-order valence-corrected chi connectivity index (χ4v) is 2.82. The van der Waals surface area contributed by atoms with Crippen LogP contribution in [-0.4, -0.2) is 46.7 Å². The lowest BCUT2D eigenvalue weighted by atomic mass is 10.0. The fourth-order valence-electron chi connectivity index (χ4n) is 2.82. The van der Waals surface area contributed by atoms with E-state index >= 15 is 0 Å². The van der Waals surface area contributed by atoms with E-state index in [0.717, 1.165) is 19.0 Å². The normalized spacial score (nSPS) is 17.5. The molecular weight excluding hydrogens is 224 g/mol. The van der Waals surface area contributed by atoms with Crippen LogP contribution in [0.25, 0.3) is 0 Å². The highest BCUT2D eigenvalue weighted by atomic mass is 15.2. The van der Waals surface area contributed by atoms with Gasteiger partial charge in [0.2, 0.25) is 0 Å². The minimum absolute atomic E-state index is 0.770. The highest BCUT2D eigenvalue weighted by Crippen LogP contribution is 2.13. The first-order valence-corrected chi connectivity index (χ1v) is 7.22. The molecule has 0 saturated carbocycles. The third kappa shape index (κ3) is 3.56. The zero-order valence-electron chi connectivity index (χ0n) is 11.7. The molecule has 2 heterocycles. The number of nitrogens with zero attached hydrogens (tertiary/aromatic N) is 3. The van der Waals surface area contributed by atoms with Gasteiger partial charge in [-0.2, -0.15) is 0 Å². The number of aryl methyl sites for hydroxylation is 1. The van der Waals surface area contributed by atoms with Crippen LogP contribution in [0.1, 0.15) is 32.0 Å². The Labute approximate surface area is 110 Å². The molecule has 1 aromatic heterocycles. The van der Waals surface area contributed by atoms with E-state index in [0.29, 0.717) is 0 Å². The fraction of sp³-hybridized carbons (Fsp3) is 0.786. The van der Waals surface area contributed by atoms with Crippen molar-refractivity contribution < 1.29 is 0 Å². The van der Waals surface area contributed by atoms with Gasteiger partial charge in [0.1, 0.15) is 5.82 Å². The van der Waals surface area contributed by atoms with Gasteiger partial charge in [-0.15, -0.1) is 0 Å². The summed E-state index contributed by atoms with van der Waals surface area (Å²) < 4.78 is 2.13. The second-order valence-electron chi connectivity index (χ2n) is 5.22. The zero-order valence-corrected chi connectivity index (χ0v) is 11.7. The molecule has 0 bridgehead atoms. The van der Waals surface area contributed by atoms with Gasteiger partial charge in [0, 0.05) is 38.4 Å². The lowest BCUT2D eigenvalue weighted by molar-refractivity contribution is 0.163. The molecule has 18 heavy (non-hydrogen) atoms. The Morgan fingerprint density at radius 1 is 1.39 bits per heavy atom. The van der Waals surface area contributed by atoms with Gasteiger partial charge in [-0.25, -0.2) is 4.98 Å². The topological polar surface area (TPSA) is 33.1 Å². The van der Waals surface area contributed by atoms with Crippen LogP contribution in [0.2, 0.25) is 0 Å². The number of piperidine rings is 1. The van der Waals surface area contributed by atoms with Gasteiger partial charge < -0.3 is 9.88 Å². The van der Waals surface area contributed by atoms with Crippen molar-refractivity contribution in [3.63, 3.8) is 0 Å². The van der Waals surface area contributed by atoms with Crippen LogP contribution in [0.3, 0.4) is 0 Å².